The molecule has 3 heterocycles. The lowest BCUT2D eigenvalue weighted by atomic mass is 10.1. The highest BCUT2D eigenvalue weighted by molar-refractivity contribution is 7.09. The molecule has 1 aliphatic rings. The highest BCUT2D eigenvalue weighted by Crippen LogP contribution is 2.29. The Morgan fingerprint density at radius 1 is 1.33 bits per heavy atom. The summed E-state index contributed by atoms with van der Waals surface area (Å²) in [6.45, 7) is 3.33. The summed E-state index contributed by atoms with van der Waals surface area (Å²) in [5.74, 6) is 1.28. The van der Waals surface area contributed by atoms with Gasteiger partial charge in [0.15, 0.2) is 5.82 Å². The van der Waals surface area contributed by atoms with Crippen molar-refractivity contribution in [2.45, 2.75) is 25.8 Å². The molecule has 1 saturated heterocycles. The van der Waals surface area contributed by atoms with Gasteiger partial charge in [0.2, 0.25) is 5.91 Å². The van der Waals surface area contributed by atoms with Gasteiger partial charge in [0, 0.05) is 29.3 Å². The summed E-state index contributed by atoms with van der Waals surface area (Å²) >= 11 is 1.67. The van der Waals surface area contributed by atoms with E-state index < -0.39 is 0 Å². The van der Waals surface area contributed by atoms with Crippen LogP contribution in [-0.4, -0.2) is 27.5 Å². The molecule has 2 aromatic heterocycles. The zero-order valence-corrected chi connectivity index (χ0v) is 14.1. The number of carbonyl (C=O) groups excluding carboxylic acids is 1. The van der Waals surface area contributed by atoms with Crippen molar-refractivity contribution in [3.63, 3.8) is 0 Å². The number of aryl methyl sites for hydroxylation is 1. The van der Waals surface area contributed by atoms with Crippen LogP contribution in [0.25, 0.3) is 11.5 Å². The van der Waals surface area contributed by atoms with E-state index in [2.05, 4.69) is 16.2 Å². The van der Waals surface area contributed by atoms with Gasteiger partial charge in [-0.2, -0.15) is 4.98 Å². The van der Waals surface area contributed by atoms with Crippen molar-refractivity contribution in [1.82, 2.24) is 15.0 Å². The minimum absolute atomic E-state index is 0.000212. The van der Waals surface area contributed by atoms with Crippen molar-refractivity contribution in [3.05, 3.63) is 58.0 Å². The van der Waals surface area contributed by atoms with Gasteiger partial charge in [-0.1, -0.05) is 28.9 Å². The number of aromatic nitrogens is 2. The molecule has 24 heavy (non-hydrogen) atoms. The lowest BCUT2D eigenvalue weighted by Crippen LogP contribution is -2.23. The summed E-state index contributed by atoms with van der Waals surface area (Å²) in [5.41, 5.74) is 2.05. The predicted octanol–water partition coefficient (Wildman–Crippen LogP) is 3.62. The smallest absolute Gasteiger partial charge is 0.257 e. The van der Waals surface area contributed by atoms with Gasteiger partial charge >= 0.3 is 0 Å². The fraction of sp³-hybridized carbons (Fsp3) is 0.278. The maximum atomic E-state index is 12.3. The molecule has 0 unspecified atom stereocenters. The minimum Gasteiger partial charge on any atom is -0.337 e. The van der Waals surface area contributed by atoms with Gasteiger partial charge in [-0.15, -0.1) is 11.3 Å². The van der Waals surface area contributed by atoms with Crippen LogP contribution in [0.3, 0.4) is 0 Å². The van der Waals surface area contributed by atoms with E-state index in [1.165, 1.54) is 4.88 Å². The van der Waals surface area contributed by atoms with E-state index in [0.717, 1.165) is 11.1 Å². The SMILES string of the molecule is Cc1cccc(-c2nc([C@H]3CC(=O)N(Cc4cccs4)C3)no2)c1. The molecule has 1 atom stereocenters. The van der Waals surface area contributed by atoms with Crippen molar-refractivity contribution in [2.24, 2.45) is 0 Å². The number of amides is 1. The molecule has 0 spiro atoms. The van der Waals surface area contributed by atoms with Crippen LogP contribution in [0.5, 0.6) is 0 Å². The second-order valence-electron chi connectivity index (χ2n) is 6.08. The summed E-state index contributed by atoms with van der Waals surface area (Å²) in [7, 11) is 0. The standard InChI is InChI=1S/C18H17N3O2S/c1-12-4-2-5-13(8-12)18-19-17(20-23-18)14-9-16(22)21(10-14)11-15-6-3-7-24-15/h2-8,14H,9-11H2,1H3/t14-/m0/s1. The summed E-state index contributed by atoms with van der Waals surface area (Å²) in [6.07, 6.45) is 0.443. The first kappa shape index (κ1) is 15.1. The number of hydrogen-bond acceptors (Lipinski definition) is 5. The molecule has 1 aromatic carbocycles. The Balaban J connectivity index is 1.50. The van der Waals surface area contributed by atoms with Gasteiger partial charge in [0.25, 0.3) is 5.89 Å². The van der Waals surface area contributed by atoms with Crippen molar-refractivity contribution in [2.75, 3.05) is 6.54 Å². The van der Waals surface area contributed by atoms with E-state index in [0.29, 0.717) is 31.2 Å². The molecule has 0 aliphatic carbocycles. The van der Waals surface area contributed by atoms with Crippen LogP contribution in [0, 0.1) is 6.92 Å². The molecule has 1 amide bonds. The summed E-state index contributed by atoms with van der Waals surface area (Å²) in [5, 5.41) is 6.14. The Kier molecular flexibility index (Phi) is 3.90. The first-order chi connectivity index (χ1) is 11.7. The van der Waals surface area contributed by atoms with Gasteiger partial charge in [0.1, 0.15) is 0 Å². The lowest BCUT2D eigenvalue weighted by Gasteiger charge is -2.14. The molecular weight excluding hydrogens is 322 g/mol. The van der Waals surface area contributed by atoms with E-state index in [9.17, 15) is 4.79 Å². The lowest BCUT2D eigenvalue weighted by molar-refractivity contribution is -0.128. The van der Waals surface area contributed by atoms with Crippen molar-refractivity contribution >= 4 is 17.2 Å². The van der Waals surface area contributed by atoms with Gasteiger partial charge < -0.3 is 9.42 Å². The van der Waals surface area contributed by atoms with Gasteiger partial charge in [0.05, 0.1) is 6.54 Å². The molecule has 122 valence electrons. The average Bonchev–Trinajstić information content (AvgIpc) is 3.30. The summed E-state index contributed by atoms with van der Waals surface area (Å²) < 4.78 is 5.41. The summed E-state index contributed by atoms with van der Waals surface area (Å²) in [6, 6.07) is 12.0. The van der Waals surface area contributed by atoms with Crippen LogP contribution < -0.4 is 0 Å². The normalized spacial score (nSPS) is 17.6. The fourth-order valence-electron chi connectivity index (χ4n) is 2.98. The van der Waals surface area contributed by atoms with E-state index in [1.54, 1.807) is 11.3 Å². The second-order valence-corrected chi connectivity index (χ2v) is 7.11. The Hall–Kier alpha value is -2.47. The number of hydrogen-bond donors (Lipinski definition) is 0. The first-order valence-electron chi connectivity index (χ1n) is 7.90. The molecule has 3 aromatic rings. The Morgan fingerprint density at radius 2 is 2.25 bits per heavy atom. The first-order valence-corrected chi connectivity index (χ1v) is 8.78. The van der Waals surface area contributed by atoms with Crippen LogP contribution in [-0.2, 0) is 11.3 Å². The topological polar surface area (TPSA) is 59.2 Å². The van der Waals surface area contributed by atoms with Gasteiger partial charge in [-0.25, -0.2) is 0 Å². The fourth-order valence-corrected chi connectivity index (χ4v) is 3.70. The largest absolute Gasteiger partial charge is 0.337 e. The maximum absolute atomic E-state index is 12.3. The predicted molar refractivity (Wildman–Crippen MR) is 91.6 cm³/mol. The van der Waals surface area contributed by atoms with E-state index in [-0.39, 0.29) is 11.8 Å². The van der Waals surface area contributed by atoms with Crippen molar-refractivity contribution in [3.8, 4) is 11.5 Å². The quantitative estimate of drug-likeness (QED) is 0.728. The monoisotopic (exact) mass is 339 g/mol. The number of benzene rings is 1. The summed E-state index contributed by atoms with van der Waals surface area (Å²) in [4.78, 5) is 19.8. The van der Waals surface area contributed by atoms with Crippen molar-refractivity contribution in [1.29, 1.82) is 0 Å². The third-order valence-corrected chi connectivity index (χ3v) is 5.07. The number of rotatable bonds is 4. The molecule has 0 radical (unpaired) electrons. The Morgan fingerprint density at radius 3 is 3.04 bits per heavy atom. The maximum Gasteiger partial charge on any atom is 0.257 e. The van der Waals surface area contributed by atoms with E-state index >= 15 is 0 Å². The molecule has 5 nitrogen and oxygen atoms in total. The molecule has 1 fully saturated rings. The Bertz CT molecular complexity index is 857. The zero-order chi connectivity index (χ0) is 16.5. The van der Waals surface area contributed by atoms with E-state index in [1.807, 2.05) is 47.5 Å². The number of carbonyl (C=O) groups is 1. The molecule has 0 N–H and O–H groups in total. The molecule has 1 aliphatic heterocycles. The molecule has 6 heteroatoms. The average molecular weight is 339 g/mol. The zero-order valence-electron chi connectivity index (χ0n) is 13.3. The van der Waals surface area contributed by atoms with Gasteiger partial charge in [-0.3, -0.25) is 4.79 Å². The third kappa shape index (κ3) is 2.97. The molecular formula is C18H17N3O2S. The highest BCUT2D eigenvalue weighted by atomic mass is 32.1. The number of likely N-dealkylation sites (tertiary alicyclic amines) is 1. The molecule has 0 bridgehead atoms. The van der Waals surface area contributed by atoms with Crippen LogP contribution in [0.4, 0.5) is 0 Å². The Labute approximate surface area is 143 Å². The third-order valence-electron chi connectivity index (χ3n) is 4.21. The molecule has 4 rings (SSSR count). The number of nitrogens with zero attached hydrogens (tertiary/aromatic N) is 3. The van der Waals surface area contributed by atoms with Crippen molar-refractivity contribution < 1.29 is 9.32 Å². The van der Waals surface area contributed by atoms with Gasteiger partial charge in [-0.05, 0) is 30.5 Å². The van der Waals surface area contributed by atoms with Crippen LogP contribution in [0.15, 0.2) is 46.3 Å². The highest BCUT2D eigenvalue weighted by Gasteiger charge is 2.33. The van der Waals surface area contributed by atoms with E-state index in [4.69, 9.17) is 4.52 Å². The second kappa shape index (κ2) is 6.20. The van der Waals surface area contributed by atoms with Crippen LogP contribution in [0.1, 0.15) is 28.6 Å². The van der Waals surface area contributed by atoms with Crippen LogP contribution in [0.2, 0.25) is 0 Å². The molecule has 0 saturated carbocycles. The van der Waals surface area contributed by atoms with Crippen LogP contribution >= 0.6 is 11.3 Å². The minimum atomic E-state index is -0.000212. The number of thiophene rings is 1.